The van der Waals surface area contributed by atoms with Crippen LogP contribution in [-0.4, -0.2) is 75.8 Å². The molecule has 0 spiro atoms. The number of carboxylic acid groups (broad SMARTS) is 2. The van der Waals surface area contributed by atoms with Crippen molar-refractivity contribution in [3.8, 4) is 0 Å². The van der Waals surface area contributed by atoms with Crippen LogP contribution in [0.1, 0.15) is 12.8 Å². The zero-order chi connectivity index (χ0) is 18.5. The molecule has 0 rings (SSSR count). The molecule has 0 aromatic rings. The number of hydrogen-bond acceptors (Lipinski definition) is 8. The van der Waals surface area contributed by atoms with E-state index < -0.39 is 42.4 Å². The van der Waals surface area contributed by atoms with E-state index in [0.29, 0.717) is 5.75 Å². The quantitative estimate of drug-likeness (QED) is 0.157. The highest BCUT2D eigenvalue weighted by Crippen LogP contribution is 2.21. The number of rotatable bonds is 13. The minimum Gasteiger partial charge on any atom is -0.480 e. The SMILES string of the molecule is N[C@@H](CCC(=O)N[C@@H](CSSCCO)C(=O)NCC(=O)O)C(=O)O. The molecule has 24 heavy (non-hydrogen) atoms. The highest BCUT2D eigenvalue weighted by molar-refractivity contribution is 8.76. The first-order valence-corrected chi connectivity index (χ1v) is 9.39. The monoisotopic (exact) mass is 383 g/mol. The maximum absolute atomic E-state index is 11.9. The van der Waals surface area contributed by atoms with Gasteiger partial charge in [-0.1, -0.05) is 21.6 Å². The molecule has 0 unspecified atom stereocenters. The number of carbonyl (C=O) groups is 4. The van der Waals surface area contributed by atoms with Crippen LogP contribution in [0.2, 0.25) is 0 Å². The molecule has 0 aromatic heterocycles. The van der Waals surface area contributed by atoms with Crippen molar-refractivity contribution in [2.75, 3.05) is 24.7 Å². The van der Waals surface area contributed by atoms with E-state index >= 15 is 0 Å². The van der Waals surface area contributed by atoms with Gasteiger partial charge in [0.15, 0.2) is 0 Å². The van der Waals surface area contributed by atoms with E-state index in [-0.39, 0.29) is 25.2 Å². The molecular weight excluding hydrogens is 362 g/mol. The Balaban J connectivity index is 4.49. The van der Waals surface area contributed by atoms with Crippen LogP contribution in [0.3, 0.4) is 0 Å². The van der Waals surface area contributed by atoms with Gasteiger partial charge in [0, 0.05) is 17.9 Å². The summed E-state index contributed by atoms with van der Waals surface area (Å²) in [4.78, 5) is 44.8. The number of nitrogens with one attached hydrogen (secondary N) is 2. The summed E-state index contributed by atoms with van der Waals surface area (Å²) in [5, 5.41) is 30.5. The van der Waals surface area contributed by atoms with Gasteiger partial charge >= 0.3 is 11.9 Å². The van der Waals surface area contributed by atoms with Gasteiger partial charge in [-0.3, -0.25) is 19.2 Å². The average molecular weight is 383 g/mol. The summed E-state index contributed by atoms with van der Waals surface area (Å²) in [5.74, 6) is -3.07. The Morgan fingerprint density at radius 3 is 2.33 bits per heavy atom. The Morgan fingerprint density at radius 1 is 1.12 bits per heavy atom. The van der Waals surface area contributed by atoms with Crippen molar-refractivity contribution in [2.45, 2.75) is 24.9 Å². The third-order valence-electron chi connectivity index (χ3n) is 2.56. The molecule has 0 bridgehead atoms. The normalized spacial score (nSPS) is 12.9. The van der Waals surface area contributed by atoms with E-state index in [1.807, 2.05) is 0 Å². The standard InChI is InChI=1S/C12H21N3O7S2/c13-7(12(21)22)1-2-9(17)15-8(6-24-23-4-3-16)11(20)14-5-10(18)19/h7-8,16H,1-6,13H2,(H,14,20)(H,15,17)(H,18,19)(H,21,22)/t7-,8-/m0/s1. The first kappa shape index (κ1) is 22.5. The molecule has 0 fully saturated rings. The number of aliphatic hydroxyl groups is 1. The summed E-state index contributed by atoms with van der Waals surface area (Å²) in [6.07, 6.45) is -0.262. The molecule has 12 heteroatoms. The van der Waals surface area contributed by atoms with Crippen molar-refractivity contribution in [1.82, 2.24) is 10.6 Å². The summed E-state index contributed by atoms with van der Waals surface area (Å²) in [5.41, 5.74) is 5.29. The van der Waals surface area contributed by atoms with Crippen LogP contribution in [0.15, 0.2) is 0 Å². The Kier molecular flexibility index (Phi) is 12.1. The average Bonchev–Trinajstić information content (AvgIpc) is 2.52. The van der Waals surface area contributed by atoms with E-state index in [1.165, 1.54) is 21.6 Å². The first-order chi connectivity index (χ1) is 11.3. The summed E-state index contributed by atoms with van der Waals surface area (Å²) < 4.78 is 0. The molecule has 2 amide bonds. The molecule has 0 aliphatic rings. The molecule has 138 valence electrons. The van der Waals surface area contributed by atoms with Crippen LogP contribution in [0.5, 0.6) is 0 Å². The predicted octanol–water partition coefficient (Wildman–Crippen LogP) is -1.76. The van der Waals surface area contributed by atoms with E-state index in [1.54, 1.807) is 0 Å². The number of aliphatic hydroxyl groups excluding tert-OH is 1. The van der Waals surface area contributed by atoms with E-state index in [4.69, 9.17) is 21.1 Å². The van der Waals surface area contributed by atoms with Crippen LogP contribution in [0, 0.1) is 0 Å². The van der Waals surface area contributed by atoms with Crippen LogP contribution < -0.4 is 16.4 Å². The zero-order valence-electron chi connectivity index (χ0n) is 12.8. The molecule has 0 aromatic carbocycles. The van der Waals surface area contributed by atoms with Crippen molar-refractivity contribution >= 4 is 45.3 Å². The van der Waals surface area contributed by atoms with Crippen molar-refractivity contribution in [3.05, 3.63) is 0 Å². The Hall–Kier alpha value is -1.50. The molecule has 7 N–H and O–H groups in total. The topological polar surface area (TPSA) is 179 Å². The maximum atomic E-state index is 11.9. The Morgan fingerprint density at radius 2 is 1.79 bits per heavy atom. The smallest absolute Gasteiger partial charge is 0.322 e. The molecule has 0 saturated heterocycles. The lowest BCUT2D eigenvalue weighted by molar-refractivity contribution is -0.139. The largest absolute Gasteiger partial charge is 0.480 e. The third-order valence-corrected chi connectivity index (χ3v) is 4.95. The number of carboxylic acids is 2. The Bertz CT molecular complexity index is 450. The summed E-state index contributed by atoms with van der Waals surface area (Å²) >= 11 is 0. The maximum Gasteiger partial charge on any atom is 0.322 e. The second-order valence-corrected chi connectivity index (χ2v) is 7.17. The second-order valence-electron chi connectivity index (χ2n) is 4.55. The lowest BCUT2D eigenvalue weighted by atomic mass is 10.1. The fraction of sp³-hybridized carbons (Fsp3) is 0.667. The molecule has 10 nitrogen and oxygen atoms in total. The molecule has 0 aliphatic carbocycles. The third kappa shape index (κ3) is 11.1. The van der Waals surface area contributed by atoms with E-state index in [0.717, 1.165) is 0 Å². The second kappa shape index (κ2) is 12.9. The highest BCUT2D eigenvalue weighted by atomic mass is 33.1. The molecule has 0 saturated carbocycles. The van der Waals surface area contributed by atoms with Gasteiger partial charge in [0.25, 0.3) is 0 Å². The lowest BCUT2D eigenvalue weighted by Crippen LogP contribution is -2.49. The highest BCUT2D eigenvalue weighted by Gasteiger charge is 2.22. The van der Waals surface area contributed by atoms with Crippen molar-refractivity contribution < 1.29 is 34.5 Å². The molecule has 0 heterocycles. The number of carbonyl (C=O) groups excluding carboxylic acids is 2. The van der Waals surface area contributed by atoms with Crippen LogP contribution in [-0.2, 0) is 19.2 Å². The number of nitrogens with two attached hydrogens (primary N) is 1. The Labute approximate surface area is 146 Å². The predicted molar refractivity (Wildman–Crippen MR) is 89.4 cm³/mol. The van der Waals surface area contributed by atoms with Crippen molar-refractivity contribution in [3.63, 3.8) is 0 Å². The molecule has 0 radical (unpaired) electrons. The fourth-order valence-corrected chi connectivity index (χ4v) is 3.29. The van der Waals surface area contributed by atoms with Gasteiger partial charge in [0.1, 0.15) is 18.6 Å². The summed E-state index contributed by atoms with van der Waals surface area (Å²) in [6.45, 7) is -0.615. The fourth-order valence-electron chi connectivity index (χ4n) is 1.36. The van der Waals surface area contributed by atoms with Gasteiger partial charge in [-0.2, -0.15) is 0 Å². The van der Waals surface area contributed by atoms with Gasteiger partial charge in [0.2, 0.25) is 11.8 Å². The van der Waals surface area contributed by atoms with Crippen LogP contribution in [0.4, 0.5) is 0 Å². The van der Waals surface area contributed by atoms with Crippen LogP contribution >= 0.6 is 21.6 Å². The number of hydrogen-bond donors (Lipinski definition) is 6. The summed E-state index contributed by atoms with van der Waals surface area (Å²) in [6, 6.07) is -2.15. The number of aliphatic carboxylic acids is 2. The van der Waals surface area contributed by atoms with Crippen molar-refractivity contribution in [1.29, 1.82) is 0 Å². The van der Waals surface area contributed by atoms with Gasteiger partial charge in [-0.15, -0.1) is 0 Å². The first-order valence-electron chi connectivity index (χ1n) is 6.90. The van der Waals surface area contributed by atoms with Gasteiger partial charge < -0.3 is 31.7 Å². The minimum atomic E-state index is -1.23. The van der Waals surface area contributed by atoms with Crippen LogP contribution in [0.25, 0.3) is 0 Å². The van der Waals surface area contributed by atoms with Gasteiger partial charge in [-0.25, -0.2) is 0 Å². The minimum absolute atomic E-state index is 0.0347. The molecule has 0 aliphatic heterocycles. The number of amides is 2. The zero-order valence-corrected chi connectivity index (χ0v) is 14.4. The van der Waals surface area contributed by atoms with Crippen molar-refractivity contribution in [2.24, 2.45) is 5.73 Å². The molecule has 2 atom stereocenters. The van der Waals surface area contributed by atoms with Gasteiger partial charge in [-0.05, 0) is 6.42 Å². The van der Waals surface area contributed by atoms with E-state index in [2.05, 4.69) is 10.6 Å². The molecular formula is C12H21N3O7S2. The summed E-state index contributed by atoms with van der Waals surface area (Å²) in [7, 11) is 2.53. The lowest BCUT2D eigenvalue weighted by Gasteiger charge is -2.17. The van der Waals surface area contributed by atoms with E-state index in [9.17, 15) is 19.2 Å². The van der Waals surface area contributed by atoms with Gasteiger partial charge in [0.05, 0.1) is 6.61 Å².